The molecule has 0 fully saturated rings. The lowest BCUT2D eigenvalue weighted by atomic mass is 10.0. The molecule has 0 bridgehead atoms. The lowest BCUT2D eigenvalue weighted by Gasteiger charge is -2.18. The van der Waals surface area contributed by atoms with Gasteiger partial charge in [-0.25, -0.2) is 9.36 Å². The summed E-state index contributed by atoms with van der Waals surface area (Å²) in [6.07, 6.45) is 52.0. The normalized spacial score (nSPS) is 13.7. The number of aliphatic carboxylic acids is 1. The number of ether oxygens (including phenoxy) is 1. The van der Waals surface area contributed by atoms with Crippen molar-refractivity contribution in [1.29, 1.82) is 0 Å². The number of aliphatic hydroxyl groups excluding tert-OH is 1. The highest BCUT2D eigenvalue weighted by Crippen LogP contribution is 2.43. The molecule has 376 valence electrons. The molecular weight excluding hydrogens is 830 g/mol. The number of hydrogen-bond acceptors (Lipinski definition) is 8. The van der Waals surface area contributed by atoms with E-state index >= 15 is 0 Å². The van der Waals surface area contributed by atoms with Crippen LogP contribution < -0.4 is 5.32 Å². The maximum absolute atomic E-state index is 12.4. The minimum absolute atomic E-state index is 0.148. The van der Waals surface area contributed by atoms with Gasteiger partial charge in [0.1, 0.15) is 12.7 Å². The highest BCUT2D eigenvalue weighted by molar-refractivity contribution is 7.47. The third kappa shape index (κ3) is 46.5. The molecule has 3 atom stereocenters. The molecule has 0 aromatic heterocycles. The van der Waals surface area contributed by atoms with Crippen molar-refractivity contribution in [2.45, 2.75) is 270 Å². The van der Waals surface area contributed by atoms with E-state index in [0.717, 1.165) is 44.9 Å². The van der Waals surface area contributed by atoms with Crippen molar-refractivity contribution in [1.82, 2.24) is 5.32 Å². The number of esters is 1. The number of hydrogen-bond donors (Lipinski definition) is 4. The summed E-state index contributed by atoms with van der Waals surface area (Å²) >= 11 is 0. The van der Waals surface area contributed by atoms with E-state index in [4.69, 9.17) is 13.8 Å². The zero-order valence-corrected chi connectivity index (χ0v) is 42.0. The zero-order chi connectivity index (χ0) is 47.0. The van der Waals surface area contributed by atoms with Crippen LogP contribution in [0.5, 0.6) is 0 Å². The lowest BCUT2D eigenvalue weighted by molar-refractivity contribution is -0.147. The molecule has 0 radical (unpaired) electrons. The summed E-state index contributed by atoms with van der Waals surface area (Å²) in [4.78, 5) is 46.1. The first-order valence-electron chi connectivity index (χ1n) is 26.4. The van der Waals surface area contributed by atoms with Gasteiger partial charge in [-0.3, -0.25) is 18.6 Å². The van der Waals surface area contributed by atoms with Gasteiger partial charge in [0, 0.05) is 12.8 Å². The monoisotopic (exact) mass is 928 g/mol. The predicted octanol–water partition coefficient (Wildman–Crippen LogP) is 14.6. The Morgan fingerprint density at radius 1 is 0.484 bits per heavy atom. The lowest BCUT2D eigenvalue weighted by Crippen LogP contribution is -2.43. The molecule has 0 aromatic carbocycles. The third-order valence-corrected chi connectivity index (χ3v) is 12.7. The maximum Gasteiger partial charge on any atom is 0.472 e. The van der Waals surface area contributed by atoms with Crippen LogP contribution in [0.25, 0.3) is 0 Å². The fourth-order valence-corrected chi connectivity index (χ4v) is 8.37. The maximum atomic E-state index is 12.4. The molecule has 0 saturated heterocycles. The number of amides is 1. The van der Waals surface area contributed by atoms with Crippen molar-refractivity contribution >= 4 is 25.7 Å². The van der Waals surface area contributed by atoms with E-state index in [1.165, 1.54) is 173 Å². The molecule has 0 saturated carbocycles. The summed E-state index contributed by atoms with van der Waals surface area (Å²) in [7, 11) is -4.76. The molecule has 12 heteroatoms. The van der Waals surface area contributed by atoms with Gasteiger partial charge in [0.05, 0.1) is 13.2 Å². The largest absolute Gasteiger partial charge is 0.480 e. The van der Waals surface area contributed by atoms with Crippen LogP contribution in [0.2, 0.25) is 0 Å². The molecule has 0 heterocycles. The Kier molecular flexibility index (Phi) is 45.9. The van der Waals surface area contributed by atoms with Gasteiger partial charge in [0.2, 0.25) is 5.91 Å². The van der Waals surface area contributed by atoms with E-state index in [-0.39, 0.29) is 12.8 Å². The summed E-state index contributed by atoms with van der Waals surface area (Å²) < 4.78 is 27.0. The molecule has 0 aliphatic rings. The summed E-state index contributed by atoms with van der Waals surface area (Å²) in [6, 6.07) is -1.55. The molecule has 0 spiro atoms. The SMILES string of the molecule is CCCCCCCC/C=C\CCCCCCCCCC(=O)OCC(O)COP(=O)(O)OCC(NC(=O)CCCCCCCCCCCCCCC/C=C/CCCCCCCC)C(=O)O. The number of rotatable bonds is 50. The Hall–Kier alpha value is -2.04. The standard InChI is InChI=1S/C52H98NO10P/c1-3-5-7-9-11-13-15-17-19-21-22-23-24-25-26-28-29-31-33-35-37-39-41-43-50(55)53-49(52(57)58)47-63-64(59,60)62-46-48(54)45-61-51(56)44-42-40-38-36-34-32-30-27-20-18-16-14-12-10-8-6-4-2/h17-20,48-49,54H,3-16,21-47H2,1-2H3,(H,53,55)(H,57,58)(H,59,60)/b19-17+,20-18-. The van der Waals surface area contributed by atoms with Crippen LogP contribution in [-0.4, -0.2) is 64.9 Å². The van der Waals surface area contributed by atoms with Gasteiger partial charge in [0.15, 0.2) is 6.04 Å². The molecule has 0 rings (SSSR count). The van der Waals surface area contributed by atoms with Crippen molar-refractivity contribution in [3.05, 3.63) is 24.3 Å². The van der Waals surface area contributed by atoms with Crippen LogP contribution >= 0.6 is 7.82 Å². The summed E-state index contributed by atoms with van der Waals surface area (Å²) in [6.45, 7) is 2.63. The Morgan fingerprint density at radius 2 is 0.812 bits per heavy atom. The van der Waals surface area contributed by atoms with Gasteiger partial charge < -0.3 is 25.2 Å². The number of phosphoric acid groups is 1. The van der Waals surface area contributed by atoms with Crippen LogP contribution in [0.15, 0.2) is 24.3 Å². The van der Waals surface area contributed by atoms with Crippen molar-refractivity contribution in [2.24, 2.45) is 0 Å². The van der Waals surface area contributed by atoms with Gasteiger partial charge in [-0.05, 0) is 64.2 Å². The number of carboxylic acid groups (broad SMARTS) is 1. The second kappa shape index (κ2) is 47.5. The second-order valence-corrected chi connectivity index (χ2v) is 19.5. The number of unbranched alkanes of at least 4 members (excludes halogenated alkanes) is 32. The van der Waals surface area contributed by atoms with Gasteiger partial charge in [0.25, 0.3) is 0 Å². The fraction of sp³-hybridized carbons (Fsp3) is 0.865. The zero-order valence-electron chi connectivity index (χ0n) is 41.1. The first-order valence-corrected chi connectivity index (χ1v) is 27.9. The Balaban J connectivity index is 3.80. The predicted molar refractivity (Wildman–Crippen MR) is 263 cm³/mol. The van der Waals surface area contributed by atoms with Crippen LogP contribution in [-0.2, 0) is 32.7 Å². The smallest absolute Gasteiger partial charge is 0.472 e. The second-order valence-electron chi connectivity index (χ2n) is 18.1. The third-order valence-electron chi connectivity index (χ3n) is 11.7. The van der Waals surface area contributed by atoms with E-state index in [1.54, 1.807) is 0 Å². The molecule has 0 aromatic rings. The summed E-state index contributed by atoms with van der Waals surface area (Å²) in [5.41, 5.74) is 0. The van der Waals surface area contributed by atoms with E-state index in [2.05, 4.69) is 43.5 Å². The average Bonchev–Trinajstić information content (AvgIpc) is 3.27. The molecule has 0 aliphatic heterocycles. The molecule has 1 amide bonds. The van der Waals surface area contributed by atoms with Crippen molar-refractivity contribution in [3.8, 4) is 0 Å². The fourth-order valence-electron chi connectivity index (χ4n) is 7.60. The molecular formula is C52H98NO10P. The molecule has 4 N–H and O–H groups in total. The van der Waals surface area contributed by atoms with Crippen molar-refractivity contribution in [2.75, 3.05) is 19.8 Å². The number of aliphatic hydroxyl groups is 1. The van der Waals surface area contributed by atoms with Crippen LogP contribution in [0.3, 0.4) is 0 Å². The number of carboxylic acids is 1. The Bertz CT molecular complexity index is 1180. The van der Waals surface area contributed by atoms with Gasteiger partial charge in [-0.1, -0.05) is 205 Å². The van der Waals surface area contributed by atoms with E-state index in [0.29, 0.717) is 12.8 Å². The van der Waals surface area contributed by atoms with Gasteiger partial charge >= 0.3 is 19.8 Å². The average molecular weight is 928 g/mol. The number of nitrogens with one attached hydrogen (secondary N) is 1. The molecule has 0 aliphatic carbocycles. The van der Waals surface area contributed by atoms with E-state index in [1.807, 2.05) is 0 Å². The highest BCUT2D eigenvalue weighted by Gasteiger charge is 2.28. The molecule has 11 nitrogen and oxygen atoms in total. The van der Waals surface area contributed by atoms with E-state index in [9.17, 15) is 34.1 Å². The Labute approximate surface area is 391 Å². The van der Waals surface area contributed by atoms with Gasteiger partial charge in [-0.2, -0.15) is 0 Å². The van der Waals surface area contributed by atoms with E-state index < -0.39 is 57.6 Å². The molecule has 64 heavy (non-hydrogen) atoms. The van der Waals surface area contributed by atoms with Crippen molar-refractivity contribution in [3.63, 3.8) is 0 Å². The highest BCUT2D eigenvalue weighted by atomic mass is 31.2. The summed E-state index contributed by atoms with van der Waals surface area (Å²) in [5, 5.41) is 21.9. The quantitative estimate of drug-likeness (QED) is 0.0199. The topological polar surface area (TPSA) is 169 Å². The number of phosphoric ester groups is 1. The molecule has 3 unspecified atom stereocenters. The van der Waals surface area contributed by atoms with Crippen LogP contribution in [0.4, 0.5) is 0 Å². The van der Waals surface area contributed by atoms with Crippen molar-refractivity contribution < 1.29 is 47.8 Å². The minimum atomic E-state index is -4.76. The van der Waals surface area contributed by atoms with Crippen LogP contribution in [0.1, 0.15) is 258 Å². The number of carbonyl (C=O) groups is 3. The van der Waals surface area contributed by atoms with Crippen LogP contribution in [0, 0.1) is 0 Å². The first-order chi connectivity index (χ1) is 31.1. The van der Waals surface area contributed by atoms with Gasteiger partial charge in [-0.15, -0.1) is 0 Å². The minimum Gasteiger partial charge on any atom is -0.480 e. The Morgan fingerprint density at radius 3 is 1.19 bits per heavy atom. The first kappa shape index (κ1) is 62.0. The number of allylic oxidation sites excluding steroid dienone is 4. The number of carbonyl (C=O) groups excluding carboxylic acids is 2. The summed E-state index contributed by atoms with van der Waals surface area (Å²) in [5.74, 6) is -2.36.